The Balaban J connectivity index is 2.82. The van der Waals surface area contributed by atoms with E-state index in [1.165, 1.54) is 0 Å². The highest BCUT2D eigenvalue weighted by Gasteiger charge is 2.26. The molecule has 1 aromatic heterocycles. The van der Waals surface area contributed by atoms with Gasteiger partial charge >= 0.3 is 0 Å². The molecule has 18 heavy (non-hydrogen) atoms. The number of rotatable bonds is 5. The molecule has 6 heteroatoms. The van der Waals surface area contributed by atoms with Gasteiger partial charge in [-0.15, -0.1) is 11.3 Å². The quantitative estimate of drug-likeness (QED) is 0.371. The summed E-state index contributed by atoms with van der Waals surface area (Å²) in [5, 5.41) is 13.5. The Morgan fingerprint density at radius 1 is 1.56 bits per heavy atom. The summed E-state index contributed by atoms with van der Waals surface area (Å²) < 4.78 is 0. The number of oxime groups is 1. The van der Waals surface area contributed by atoms with Gasteiger partial charge in [0, 0.05) is 10.9 Å². The maximum Gasteiger partial charge on any atom is 0.233 e. The summed E-state index contributed by atoms with van der Waals surface area (Å²) in [6.07, 6.45) is 0. The monoisotopic (exact) mass is 269 g/mol. The van der Waals surface area contributed by atoms with Crippen LogP contribution in [0.5, 0.6) is 0 Å². The Hall–Kier alpha value is -1.56. The third-order valence-electron chi connectivity index (χ3n) is 2.74. The maximum atomic E-state index is 12.3. The molecule has 0 aliphatic heterocycles. The van der Waals surface area contributed by atoms with Crippen LogP contribution < -0.4 is 5.73 Å². The van der Waals surface area contributed by atoms with Gasteiger partial charge < -0.3 is 15.8 Å². The third-order valence-corrected chi connectivity index (χ3v) is 3.60. The van der Waals surface area contributed by atoms with Gasteiger partial charge in [-0.1, -0.05) is 11.2 Å². The van der Waals surface area contributed by atoms with Crippen molar-refractivity contribution in [2.24, 2.45) is 16.8 Å². The summed E-state index contributed by atoms with van der Waals surface area (Å²) in [7, 11) is 0. The van der Waals surface area contributed by atoms with Gasteiger partial charge in [0.1, 0.15) is 0 Å². The number of carbonyl (C=O) groups excluding carboxylic acids is 1. The van der Waals surface area contributed by atoms with E-state index in [1.54, 1.807) is 23.2 Å². The van der Waals surface area contributed by atoms with Crippen molar-refractivity contribution in [3.05, 3.63) is 22.4 Å². The van der Waals surface area contributed by atoms with Crippen LogP contribution in [0.25, 0.3) is 0 Å². The van der Waals surface area contributed by atoms with Gasteiger partial charge in [0.25, 0.3) is 0 Å². The lowest BCUT2D eigenvalue weighted by molar-refractivity contribution is -0.135. The molecule has 1 rings (SSSR count). The third kappa shape index (κ3) is 3.46. The van der Waals surface area contributed by atoms with Crippen molar-refractivity contribution in [3.63, 3.8) is 0 Å². The standard InChI is InChI=1S/C12H19N3O2S/c1-8(2)15(7-10-5-4-6-18-10)12(16)9(3)11(13)14-17/h4-6,8-9,17H,7H2,1-3H3,(H2,13,14). The van der Waals surface area contributed by atoms with E-state index < -0.39 is 5.92 Å². The largest absolute Gasteiger partial charge is 0.409 e. The van der Waals surface area contributed by atoms with Crippen LogP contribution >= 0.6 is 11.3 Å². The van der Waals surface area contributed by atoms with Crippen molar-refractivity contribution in [2.75, 3.05) is 0 Å². The number of carbonyl (C=O) groups is 1. The molecule has 0 saturated carbocycles. The number of thiophene rings is 1. The van der Waals surface area contributed by atoms with Crippen LogP contribution in [0.4, 0.5) is 0 Å². The molecule has 0 saturated heterocycles. The second-order valence-electron chi connectivity index (χ2n) is 4.39. The van der Waals surface area contributed by atoms with Crippen molar-refractivity contribution in [2.45, 2.75) is 33.4 Å². The van der Waals surface area contributed by atoms with Gasteiger partial charge in [0.2, 0.25) is 5.91 Å². The lowest BCUT2D eigenvalue weighted by Crippen LogP contribution is -2.43. The summed E-state index contributed by atoms with van der Waals surface area (Å²) in [5.41, 5.74) is 5.48. The minimum absolute atomic E-state index is 0.0585. The Morgan fingerprint density at radius 3 is 2.67 bits per heavy atom. The molecular formula is C12H19N3O2S. The molecule has 1 amide bonds. The summed E-state index contributed by atoms with van der Waals surface area (Å²) in [5.74, 6) is -0.803. The first-order valence-corrected chi connectivity index (χ1v) is 6.65. The second-order valence-corrected chi connectivity index (χ2v) is 5.42. The predicted molar refractivity (Wildman–Crippen MR) is 72.6 cm³/mol. The topological polar surface area (TPSA) is 78.9 Å². The first kappa shape index (κ1) is 14.5. The van der Waals surface area contributed by atoms with Gasteiger partial charge in [-0.05, 0) is 32.2 Å². The van der Waals surface area contributed by atoms with Crippen molar-refractivity contribution in [1.82, 2.24) is 4.90 Å². The van der Waals surface area contributed by atoms with E-state index in [0.29, 0.717) is 6.54 Å². The summed E-state index contributed by atoms with van der Waals surface area (Å²) in [6, 6.07) is 4.01. The molecule has 0 bridgehead atoms. The molecule has 0 fully saturated rings. The fraction of sp³-hybridized carbons (Fsp3) is 0.500. The summed E-state index contributed by atoms with van der Waals surface area (Å²) in [6.45, 7) is 6.09. The molecule has 1 atom stereocenters. The SMILES string of the molecule is CC(C(=O)N(Cc1cccs1)C(C)C)C(N)=NO. The van der Waals surface area contributed by atoms with Crippen LogP contribution in [0.1, 0.15) is 25.6 Å². The Morgan fingerprint density at radius 2 is 2.22 bits per heavy atom. The Labute approximate surface area is 111 Å². The molecule has 0 aromatic carbocycles. The molecular weight excluding hydrogens is 250 g/mol. The number of amidine groups is 1. The summed E-state index contributed by atoms with van der Waals surface area (Å²) >= 11 is 1.61. The molecule has 1 heterocycles. The predicted octanol–water partition coefficient (Wildman–Crippen LogP) is 1.87. The number of hydrogen-bond acceptors (Lipinski definition) is 4. The van der Waals surface area contributed by atoms with Crippen LogP contribution in [0.2, 0.25) is 0 Å². The number of amides is 1. The molecule has 3 N–H and O–H groups in total. The zero-order chi connectivity index (χ0) is 13.7. The fourth-order valence-electron chi connectivity index (χ4n) is 1.55. The van der Waals surface area contributed by atoms with Gasteiger partial charge in [0.15, 0.2) is 5.84 Å². The normalized spacial score (nSPS) is 13.7. The van der Waals surface area contributed by atoms with Crippen LogP contribution in [0.15, 0.2) is 22.7 Å². The van der Waals surface area contributed by atoms with E-state index >= 15 is 0 Å². The highest BCUT2D eigenvalue weighted by Crippen LogP contribution is 2.16. The molecule has 0 aliphatic carbocycles. The van der Waals surface area contributed by atoms with Crippen molar-refractivity contribution in [3.8, 4) is 0 Å². The number of nitrogens with two attached hydrogens (primary N) is 1. The average Bonchev–Trinajstić information content (AvgIpc) is 2.85. The number of nitrogens with zero attached hydrogens (tertiary/aromatic N) is 2. The van der Waals surface area contributed by atoms with E-state index in [0.717, 1.165) is 4.88 Å². The first-order chi connectivity index (χ1) is 8.47. The zero-order valence-electron chi connectivity index (χ0n) is 10.8. The van der Waals surface area contributed by atoms with Crippen LogP contribution in [0, 0.1) is 5.92 Å². The smallest absolute Gasteiger partial charge is 0.233 e. The van der Waals surface area contributed by atoms with Gasteiger partial charge in [-0.25, -0.2) is 0 Å². The Kier molecular flexibility index (Phi) is 5.15. The molecule has 0 spiro atoms. The van der Waals surface area contributed by atoms with E-state index in [9.17, 15) is 4.79 Å². The number of hydrogen-bond donors (Lipinski definition) is 2. The lowest BCUT2D eigenvalue weighted by Gasteiger charge is -2.28. The van der Waals surface area contributed by atoms with E-state index in [-0.39, 0.29) is 17.8 Å². The molecule has 0 aliphatic rings. The van der Waals surface area contributed by atoms with Gasteiger partial charge in [-0.2, -0.15) is 0 Å². The first-order valence-electron chi connectivity index (χ1n) is 5.77. The van der Waals surface area contributed by atoms with Crippen molar-refractivity contribution in [1.29, 1.82) is 0 Å². The van der Waals surface area contributed by atoms with Crippen LogP contribution in [-0.2, 0) is 11.3 Å². The molecule has 5 nitrogen and oxygen atoms in total. The van der Waals surface area contributed by atoms with E-state index in [4.69, 9.17) is 10.9 Å². The minimum atomic E-state index is -0.614. The average molecular weight is 269 g/mol. The zero-order valence-corrected chi connectivity index (χ0v) is 11.6. The minimum Gasteiger partial charge on any atom is -0.409 e. The Bertz CT molecular complexity index is 415. The van der Waals surface area contributed by atoms with Crippen molar-refractivity contribution < 1.29 is 10.0 Å². The van der Waals surface area contributed by atoms with Crippen molar-refractivity contribution >= 4 is 23.1 Å². The molecule has 1 aromatic rings. The lowest BCUT2D eigenvalue weighted by atomic mass is 10.1. The van der Waals surface area contributed by atoms with E-state index in [1.807, 2.05) is 31.4 Å². The van der Waals surface area contributed by atoms with E-state index in [2.05, 4.69) is 5.16 Å². The van der Waals surface area contributed by atoms with Crippen LogP contribution in [0.3, 0.4) is 0 Å². The maximum absolute atomic E-state index is 12.3. The van der Waals surface area contributed by atoms with Gasteiger partial charge in [0.05, 0.1) is 12.5 Å². The van der Waals surface area contributed by atoms with Crippen LogP contribution in [-0.4, -0.2) is 27.9 Å². The molecule has 0 radical (unpaired) electrons. The highest BCUT2D eigenvalue weighted by molar-refractivity contribution is 7.09. The molecule has 100 valence electrons. The fourth-order valence-corrected chi connectivity index (χ4v) is 2.25. The summed E-state index contributed by atoms with van der Waals surface area (Å²) in [4.78, 5) is 15.1. The second kappa shape index (κ2) is 6.39. The van der Waals surface area contributed by atoms with Gasteiger partial charge in [-0.3, -0.25) is 4.79 Å². The highest BCUT2D eigenvalue weighted by atomic mass is 32.1. The molecule has 1 unspecified atom stereocenters.